The van der Waals surface area contributed by atoms with Crippen molar-refractivity contribution in [2.75, 3.05) is 7.05 Å². The van der Waals surface area contributed by atoms with E-state index in [4.69, 9.17) is 8.83 Å². The maximum absolute atomic E-state index is 5.60. The molecule has 1 unspecified atom stereocenters. The van der Waals surface area contributed by atoms with Gasteiger partial charge >= 0.3 is 0 Å². The summed E-state index contributed by atoms with van der Waals surface area (Å²) in [5.74, 6) is 2.25. The SMILES string of the molecule is CCC(NC)c1nnc(CCc2ccco2)o1. The average molecular weight is 235 g/mol. The molecule has 0 amide bonds. The van der Waals surface area contributed by atoms with Gasteiger partial charge in [-0.15, -0.1) is 10.2 Å². The summed E-state index contributed by atoms with van der Waals surface area (Å²) in [6.07, 6.45) is 4.09. The van der Waals surface area contributed by atoms with Crippen LogP contribution in [0, 0.1) is 0 Å². The molecule has 0 radical (unpaired) electrons. The first-order valence-electron chi connectivity index (χ1n) is 5.85. The third-order valence-electron chi connectivity index (χ3n) is 2.70. The Morgan fingerprint density at radius 1 is 1.35 bits per heavy atom. The molecule has 17 heavy (non-hydrogen) atoms. The lowest BCUT2D eigenvalue weighted by Crippen LogP contribution is -2.15. The number of nitrogens with zero attached hydrogens (tertiary/aromatic N) is 2. The third kappa shape index (κ3) is 2.94. The van der Waals surface area contributed by atoms with Gasteiger partial charge in [0.2, 0.25) is 11.8 Å². The summed E-state index contributed by atoms with van der Waals surface area (Å²) in [7, 11) is 1.89. The molecule has 0 fully saturated rings. The van der Waals surface area contributed by atoms with E-state index in [-0.39, 0.29) is 6.04 Å². The molecular weight excluding hydrogens is 218 g/mol. The van der Waals surface area contributed by atoms with Crippen molar-refractivity contribution in [3.05, 3.63) is 35.9 Å². The van der Waals surface area contributed by atoms with Crippen LogP contribution in [0.2, 0.25) is 0 Å². The van der Waals surface area contributed by atoms with E-state index in [0.29, 0.717) is 18.2 Å². The maximum atomic E-state index is 5.60. The molecule has 0 aliphatic rings. The zero-order chi connectivity index (χ0) is 12.1. The van der Waals surface area contributed by atoms with Crippen molar-refractivity contribution in [1.82, 2.24) is 15.5 Å². The number of aryl methyl sites for hydroxylation is 2. The second-order valence-electron chi connectivity index (χ2n) is 3.86. The van der Waals surface area contributed by atoms with Crippen LogP contribution in [0.3, 0.4) is 0 Å². The number of hydrogen-bond donors (Lipinski definition) is 1. The highest BCUT2D eigenvalue weighted by atomic mass is 16.4. The molecule has 0 aromatic carbocycles. The standard InChI is InChI=1S/C12H17N3O2/c1-3-10(13-2)12-15-14-11(17-12)7-6-9-5-4-8-16-9/h4-5,8,10,13H,3,6-7H2,1-2H3. The van der Waals surface area contributed by atoms with Crippen LogP contribution in [-0.2, 0) is 12.8 Å². The molecule has 92 valence electrons. The van der Waals surface area contributed by atoms with E-state index in [0.717, 1.165) is 18.6 Å². The van der Waals surface area contributed by atoms with Crippen molar-refractivity contribution >= 4 is 0 Å². The Bertz CT molecular complexity index is 432. The van der Waals surface area contributed by atoms with E-state index in [9.17, 15) is 0 Å². The molecule has 2 aromatic rings. The lowest BCUT2D eigenvalue weighted by molar-refractivity contribution is 0.382. The van der Waals surface area contributed by atoms with Gasteiger partial charge in [0.15, 0.2) is 0 Å². The minimum atomic E-state index is 0.139. The first-order chi connectivity index (χ1) is 8.33. The van der Waals surface area contributed by atoms with Crippen molar-refractivity contribution in [3.8, 4) is 0 Å². The fourth-order valence-corrected chi connectivity index (χ4v) is 1.70. The van der Waals surface area contributed by atoms with E-state index in [1.165, 1.54) is 0 Å². The van der Waals surface area contributed by atoms with Gasteiger partial charge in [-0.05, 0) is 25.6 Å². The summed E-state index contributed by atoms with van der Waals surface area (Å²) in [5.41, 5.74) is 0. The lowest BCUT2D eigenvalue weighted by Gasteiger charge is -2.06. The Morgan fingerprint density at radius 3 is 2.88 bits per heavy atom. The monoisotopic (exact) mass is 235 g/mol. The predicted molar refractivity (Wildman–Crippen MR) is 62.5 cm³/mol. The summed E-state index contributed by atoms with van der Waals surface area (Å²) >= 11 is 0. The summed E-state index contributed by atoms with van der Waals surface area (Å²) < 4.78 is 10.8. The molecule has 1 atom stereocenters. The van der Waals surface area contributed by atoms with E-state index < -0.39 is 0 Å². The molecule has 1 N–H and O–H groups in total. The van der Waals surface area contributed by atoms with Crippen LogP contribution in [0.15, 0.2) is 27.2 Å². The number of nitrogens with one attached hydrogen (secondary N) is 1. The lowest BCUT2D eigenvalue weighted by atomic mass is 10.2. The number of hydrogen-bond acceptors (Lipinski definition) is 5. The van der Waals surface area contributed by atoms with Crippen molar-refractivity contribution < 1.29 is 8.83 Å². The smallest absolute Gasteiger partial charge is 0.233 e. The van der Waals surface area contributed by atoms with Crippen molar-refractivity contribution in [2.24, 2.45) is 0 Å². The van der Waals surface area contributed by atoms with Gasteiger partial charge in [0.05, 0.1) is 12.3 Å². The molecular formula is C12H17N3O2. The summed E-state index contributed by atoms with van der Waals surface area (Å²) in [6, 6.07) is 3.96. The highest BCUT2D eigenvalue weighted by Crippen LogP contribution is 2.15. The molecule has 0 bridgehead atoms. The van der Waals surface area contributed by atoms with Gasteiger partial charge in [-0.3, -0.25) is 0 Å². The van der Waals surface area contributed by atoms with Crippen molar-refractivity contribution in [3.63, 3.8) is 0 Å². The molecule has 2 aromatic heterocycles. The van der Waals surface area contributed by atoms with Crippen LogP contribution in [-0.4, -0.2) is 17.2 Å². The molecule has 2 heterocycles. The largest absolute Gasteiger partial charge is 0.469 e. The zero-order valence-corrected chi connectivity index (χ0v) is 10.1. The van der Waals surface area contributed by atoms with Crippen LogP contribution in [0.1, 0.15) is 36.9 Å². The van der Waals surface area contributed by atoms with Crippen molar-refractivity contribution in [1.29, 1.82) is 0 Å². The van der Waals surface area contributed by atoms with Crippen LogP contribution in [0.4, 0.5) is 0 Å². The van der Waals surface area contributed by atoms with Crippen molar-refractivity contribution in [2.45, 2.75) is 32.2 Å². The summed E-state index contributed by atoms with van der Waals surface area (Å²) in [6.45, 7) is 2.08. The molecule has 0 saturated heterocycles. The molecule has 0 aliphatic carbocycles. The van der Waals surface area contributed by atoms with E-state index in [1.807, 2.05) is 19.2 Å². The van der Waals surface area contributed by atoms with E-state index in [2.05, 4.69) is 22.4 Å². The minimum Gasteiger partial charge on any atom is -0.469 e. The zero-order valence-electron chi connectivity index (χ0n) is 10.1. The van der Waals surface area contributed by atoms with E-state index >= 15 is 0 Å². The Labute approximate surface area is 100 Å². The predicted octanol–water partition coefficient (Wildman–Crippen LogP) is 2.12. The second kappa shape index (κ2) is 5.63. The van der Waals surface area contributed by atoms with Gasteiger partial charge in [-0.25, -0.2) is 0 Å². The molecule has 2 rings (SSSR count). The van der Waals surface area contributed by atoms with Gasteiger partial charge in [0.1, 0.15) is 5.76 Å². The van der Waals surface area contributed by atoms with Gasteiger partial charge in [-0.2, -0.15) is 0 Å². The third-order valence-corrected chi connectivity index (χ3v) is 2.70. The minimum absolute atomic E-state index is 0.139. The Kier molecular flexibility index (Phi) is 3.93. The Morgan fingerprint density at radius 2 is 2.24 bits per heavy atom. The fraction of sp³-hybridized carbons (Fsp3) is 0.500. The molecule has 0 spiro atoms. The van der Waals surface area contributed by atoms with Crippen LogP contribution < -0.4 is 5.32 Å². The average Bonchev–Trinajstić information content (AvgIpc) is 2.99. The van der Waals surface area contributed by atoms with Gasteiger partial charge in [0, 0.05) is 12.8 Å². The maximum Gasteiger partial charge on any atom is 0.233 e. The molecule has 5 heteroatoms. The first-order valence-corrected chi connectivity index (χ1v) is 5.85. The molecule has 0 aliphatic heterocycles. The highest BCUT2D eigenvalue weighted by molar-refractivity contribution is 5.00. The highest BCUT2D eigenvalue weighted by Gasteiger charge is 2.14. The van der Waals surface area contributed by atoms with Crippen LogP contribution >= 0.6 is 0 Å². The van der Waals surface area contributed by atoms with Crippen LogP contribution in [0.5, 0.6) is 0 Å². The fourth-order valence-electron chi connectivity index (χ4n) is 1.70. The van der Waals surface area contributed by atoms with Gasteiger partial charge < -0.3 is 14.2 Å². The van der Waals surface area contributed by atoms with E-state index in [1.54, 1.807) is 6.26 Å². The quantitative estimate of drug-likeness (QED) is 0.830. The molecule has 0 saturated carbocycles. The summed E-state index contributed by atoms with van der Waals surface area (Å²) in [4.78, 5) is 0. The summed E-state index contributed by atoms with van der Waals surface area (Å²) in [5, 5.41) is 11.2. The topological polar surface area (TPSA) is 64.1 Å². The Balaban J connectivity index is 1.94. The van der Waals surface area contributed by atoms with Gasteiger partial charge in [-0.1, -0.05) is 6.92 Å². The Hall–Kier alpha value is -1.62. The normalized spacial score (nSPS) is 12.8. The number of aromatic nitrogens is 2. The van der Waals surface area contributed by atoms with Gasteiger partial charge in [0.25, 0.3) is 0 Å². The first kappa shape index (κ1) is 11.9. The number of furan rings is 1. The second-order valence-corrected chi connectivity index (χ2v) is 3.86. The molecule has 5 nitrogen and oxygen atoms in total. The van der Waals surface area contributed by atoms with Crippen LogP contribution in [0.25, 0.3) is 0 Å². The number of rotatable bonds is 6.